The number of carbonyl (C=O) groups excluding carboxylic acids is 2. The van der Waals surface area contributed by atoms with E-state index in [-0.39, 0.29) is 11.9 Å². The summed E-state index contributed by atoms with van der Waals surface area (Å²) in [5.74, 6) is -0.484. The molecule has 0 aliphatic rings. The Kier molecular flexibility index (Phi) is 7.07. The molecule has 0 saturated carbocycles. The van der Waals surface area contributed by atoms with Crippen LogP contribution in [0.25, 0.3) is 0 Å². The van der Waals surface area contributed by atoms with Crippen LogP contribution in [0, 0.1) is 5.92 Å². The highest BCUT2D eigenvalue weighted by molar-refractivity contribution is 5.85. The highest BCUT2D eigenvalue weighted by Crippen LogP contribution is 2.08. The average Bonchev–Trinajstić information content (AvgIpc) is 2.14. The highest BCUT2D eigenvalue weighted by Gasteiger charge is 2.12. The molecule has 0 fully saturated rings. The lowest BCUT2D eigenvalue weighted by Crippen LogP contribution is -2.14. The standard InChI is InChI=1S/C11H20O3/c1-4-6-7-10(12)14-11(13)8-9(3)5-2/h9H,4-8H2,1-3H3. The lowest BCUT2D eigenvalue weighted by Gasteiger charge is -2.06. The quantitative estimate of drug-likeness (QED) is 0.489. The van der Waals surface area contributed by atoms with Crippen molar-refractivity contribution in [2.45, 2.75) is 52.9 Å². The van der Waals surface area contributed by atoms with E-state index in [4.69, 9.17) is 0 Å². The Morgan fingerprint density at radius 1 is 1.21 bits per heavy atom. The van der Waals surface area contributed by atoms with Gasteiger partial charge in [0.15, 0.2) is 0 Å². The van der Waals surface area contributed by atoms with Crippen LogP contribution < -0.4 is 0 Å². The van der Waals surface area contributed by atoms with Crippen LogP contribution in [0.4, 0.5) is 0 Å². The van der Waals surface area contributed by atoms with Gasteiger partial charge in [-0.1, -0.05) is 33.6 Å². The minimum Gasteiger partial charge on any atom is -0.393 e. The van der Waals surface area contributed by atoms with Gasteiger partial charge in [-0.25, -0.2) is 0 Å². The predicted molar refractivity (Wildman–Crippen MR) is 54.7 cm³/mol. The van der Waals surface area contributed by atoms with E-state index in [2.05, 4.69) is 4.74 Å². The first-order valence-electron chi connectivity index (χ1n) is 5.33. The van der Waals surface area contributed by atoms with Gasteiger partial charge in [-0.05, 0) is 12.3 Å². The second-order valence-electron chi connectivity index (χ2n) is 3.67. The van der Waals surface area contributed by atoms with Gasteiger partial charge in [0.25, 0.3) is 0 Å². The van der Waals surface area contributed by atoms with Gasteiger partial charge in [-0.15, -0.1) is 0 Å². The Balaban J connectivity index is 3.66. The smallest absolute Gasteiger partial charge is 0.313 e. The molecule has 1 unspecified atom stereocenters. The summed E-state index contributed by atoms with van der Waals surface area (Å²) in [4.78, 5) is 22.2. The van der Waals surface area contributed by atoms with Gasteiger partial charge in [0.05, 0.1) is 0 Å². The summed E-state index contributed by atoms with van der Waals surface area (Å²) >= 11 is 0. The number of rotatable bonds is 6. The van der Waals surface area contributed by atoms with Crippen molar-refractivity contribution < 1.29 is 14.3 Å². The summed E-state index contributed by atoms with van der Waals surface area (Å²) < 4.78 is 4.65. The minimum atomic E-state index is -0.389. The zero-order valence-electron chi connectivity index (χ0n) is 9.34. The number of hydrogen-bond donors (Lipinski definition) is 0. The molecule has 0 radical (unpaired) electrons. The Hall–Kier alpha value is -0.860. The van der Waals surface area contributed by atoms with Crippen LogP contribution in [-0.4, -0.2) is 11.9 Å². The lowest BCUT2D eigenvalue weighted by atomic mass is 10.1. The van der Waals surface area contributed by atoms with Gasteiger partial charge in [-0.2, -0.15) is 0 Å². The third kappa shape index (κ3) is 6.63. The van der Waals surface area contributed by atoms with Gasteiger partial charge in [0.1, 0.15) is 0 Å². The molecule has 0 aliphatic heterocycles. The molecule has 0 bridgehead atoms. The van der Waals surface area contributed by atoms with E-state index in [9.17, 15) is 9.59 Å². The van der Waals surface area contributed by atoms with E-state index in [1.54, 1.807) is 0 Å². The molecule has 0 aromatic heterocycles. The van der Waals surface area contributed by atoms with Crippen LogP contribution in [0.3, 0.4) is 0 Å². The van der Waals surface area contributed by atoms with E-state index < -0.39 is 0 Å². The van der Waals surface area contributed by atoms with Gasteiger partial charge in [0, 0.05) is 12.8 Å². The maximum atomic E-state index is 11.1. The van der Waals surface area contributed by atoms with Crippen molar-refractivity contribution >= 4 is 11.9 Å². The van der Waals surface area contributed by atoms with Crippen LogP contribution in [0.5, 0.6) is 0 Å². The van der Waals surface area contributed by atoms with Crippen molar-refractivity contribution in [3.63, 3.8) is 0 Å². The molecule has 3 heteroatoms. The molecule has 82 valence electrons. The molecule has 0 saturated heterocycles. The fourth-order valence-electron chi connectivity index (χ4n) is 0.970. The first-order chi connectivity index (χ1) is 6.60. The van der Waals surface area contributed by atoms with Crippen molar-refractivity contribution in [3.05, 3.63) is 0 Å². The zero-order chi connectivity index (χ0) is 11.0. The molecule has 0 amide bonds. The number of esters is 2. The Morgan fingerprint density at radius 2 is 1.86 bits per heavy atom. The molecule has 1 atom stereocenters. The molecule has 14 heavy (non-hydrogen) atoms. The minimum absolute atomic E-state index is 0.293. The van der Waals surface area contributed by atoms with Gasteiger partial charge in [-0.3, -0.25) is 9.59 Å². The summed E-state index contributed by atoms with van der Waals surface area (Å²) in [7, 11) is 0. The van der Waals surface area contributed by atoms with Crippen molar-refractivity contribution in [3.8, 4) is 0 Å². The van der Waals surface area contributed by atoms with Crippen molar-refractivity contribution in [2.75, 3.05) is 0 Å². The number of ether oxygens (including phenoxy) is 1. The number of unbranched alkanes of at least 4 members (excludes halogenated alkanes) is 1. The molecule has 0 spiro atoms. The van der Waals surface area contributed by atoms with Crippen LogP contribution in [0.2, 0.25) is 0 Å². The zero-order valence-corrected chi connectivity index (χ0v) is 9.34. The summed E-state index contributed by atoms with van der Waals surface area (Å²) in [6.45, 7) is 5.98. The molecule has 0 aliphatic carbocycles. The normalized spacial score (nSPS) is 12.2. The maximum absolute atomic E-state index is 11.1. The number of carbonyl (C=O) groups is 2. The SMILES string of the molecule is CCCCC(=O)OC(=O)CC(C)CC. The lowest BCUT2D eigenvalue weighted by molar-refractivity contribution is -0.160. The second-order valence-corrected chi connectivity index (χ2v) is 3.67. The van der Waals surface area contributed by atoms with Crippen molar-refractivity contribution in [1.29, 1.82) is 0 Å². The summed E-state index contributed by atoms with van der Waals surface area (Å²) in [5.41, 5.74) is 0. The monoisotopic (exact) mass is 200 g/mol. The first kappa shape index (κ1) is 13.1. The average molecular weight is 200 g/mol. The maximum Gasteiger partial charge on any atom is 0.313 e. The molecule has 0 N–H and O–H groups in total. The first-order valence-corrected chi connectivity index (χ1v) is 5.33. The topological polar surface area (TPSA) is 43.4 Å². The Bertz CT molecular complexity index is 187. The van der Waals surface area contributed by atoms with E-state index in [1.807, 2.05) is 20.8 Å². The Labute approximate surface area is 85.8 Å². The van der Waals surface area contributed by atoms with E-state index in [0.717, 1.165) is 19.3 Å². The fraction of sp³-hybridized carbons (Fsp3) is 0.818. The van der Waals surface area contributed by atoms with Crippen molar-refractivity contribution in [2.24, 2.45) is 5.92 Å². The molecule has 0 aromatic rings. The van der Waals surface area contributed by atoms with E-state index in [0.29, 0.717) is 18.8 Å². The third-order valence-corrected chi connectivity index (χ3v) is 2.17. The molecular formula is C11H20O3. The van der Waals surface area contributed by atoms with E-state index in [1.165, 1.54) is 0 Å². The summed E-state index contributed by atoms with van der Waals surface area (Å²) in [6.07, 6.45) is 3.35. The molecular weight excluding hydrogens is 180 g/mol. The Morgan fingerprint density at radius 3 is 2.36 bits per heavy atom. The van der Waals surface area contributed by atoms with Gasteiger partial charge < -0.3 is 4.74 Å². The second kappa shape index (κ2) is 7.54. The summed E-state index contributed by atoms with van der Waals surface area (Å²) in [5, 5.41) is 0. The molecule has 0 rings (SSSR count). The van der Waals surface area contributed by atoms with Crippen LogP contribution >= 0.6 is 0 Å². The third-order valence-electron chi connectivity index (χ3n) is 2.17. The van der Waals surface area contributed by atoms with Gasteiger partial charge >= 0.3 is 11.9 Å². The molecule has 0 aromatic carbocycles. The van der Waals surface area contributed by atoms with Crippen LogP contribution in [0.15, 0.2) is 0 Å². The fourth-order valence-corrected chi connectivity index (χ4v) is 0.970. The van der Waals surface area contributed by atoms with Crippen LogP contribution in [-0.2, 0) is 14.3 Å². The highest BCUT2D eigenvalue weighted by atomic mass is 16.6. The van der Waals surface area contributed by atoms with Gasteiger partial charge in [0.2, 0.25) is 0 Å². The summed E-state index contributed by atoms with van der Waals surface area (Å²) in [6, 6.07) is 0. The van der Waals surface area contributed by atoms with Crippen LogP contribution in [0.1, 0.15) is 52.9 Å². The van der Waals surface area contributed by atoms with Crippen molar-refractivity contribution in [1.82, 2.24) is 0 Å². The van der Waals surface area contributed by atoms with E-state index >= 15 is 0 Å². The molecule has 3 nitrogen and oxygen atoms in total. The predicted octanol–water partition coefficient (Wildman–Crippen LogP) is 2.68. The largest absolute Gasteiger partial charge is 0.393 e. The molecule has 0 heterocycles. The number of hydrogen-bond acceptors (Lipinski definition) is 3.